The van der Waals surface area contributed by atoms with E-state index in [1.807, 2.05) is 36.7 Å². The van der Waals surface area contributed by atoms with Gasteiger partial charge in [-0.2, -0.15) is 0 Å². The maximum Gasteiger partial charge on any atom is 0.155 e. The summed E-state index contributed by atoms with van der Waals surface area (Å²) in [6, 6.07) is 35.8. The molecule has 2 heterocycles. The third-order valence-electron chi connectivity index (χ3n) is 8.76. The molecular weight excluding hydrogens is 821 g/mol. The molecule has 0 atom stereocenters. The van der Waals surface area contributed by atoms with E-state index in [0.717, 1.165) is 69.9 Å². The molecule has 0 saturated carbocycles. The first kappa shape index (κ1) is 38.1. The number of aliphatic hydroxyl groups excluding tert-OH is 1. The first-order valence-corrected chi connectivity index (χ1v) is 17.7. The minimum Gasteiger partial charge on any atom is -0.512 e. The van der Waals surface area contributed by atoms with E-state index in [0.29, 0.717) is 0 Å². The van der Waals surface area contributed by atoms with E-state index < -0.39 is 0 Å². The largest absolute Gasteiger partial charge is 0.512 e. The van der Waals surface area contributed by atoms with Gasteiger partial charge in [-0.3, -0.25) is 14.8 Å². The van der Waals surface area contributed by atoms with Crippen LogP contribution in [0.2, 0.25) is 0 Å². The summed E-state index contributed by atoms with van der Waals surface area (Å²) in [5, 5.41) is 17.7. The minimum atomic E-state index is -0.125. The number of nitrogens with zero attached hydrogens (tertiary/aromatic N) is 4. The Bertz CT molecular complexity index is 2290. The van der Waals surface area contributed by atoms with Crippen molar-refractivity contribution in [3.63, 3.8) is 0 Å². The fourth-order valence-electron chi connectivity index (χ4n) is 6.41. The van der Waals surface area contributed by atoms with E-state index in [2.05, 4.69) is 86.6 Å². The Labute approximate surface area is 318 Å². The summed E-state index contributed by atoms with van der Waals surface area (Å²) >= 11 is 0. The maximum atomic E-state index is 10.0. The van der Waals surface area contributed by atoms with Crippen molar-refractivity contribution in [2.75, 3.05) is 0 Å². The van der Waals surface area contributed by atoms with Gasteiger partial charge in [-0.15, -0.1) is 59.3 Å². The number of carbonyl (C=O) groups excluding carboxylic acids is 1. The number of hydrogen-bond acceptors (Lipinski definition) is 6. The number of carbonyl (C=O) groups is 1. The fraction of sp³-hybridized carbons (Fsp3) is 0.222. The van der Waals surface area contributed by atoms with Gasteiger partial charge in [0.1, 0.15) is 0 Å². The van der Waals surface area contributed by atoms with Gasteiger partial charge in [-0.25, -0.2) is 0 Å². The Balaban J connectivity index is 0.000000168. The number of hydrogen-bond donors (Lipinski definition) is 1. The van der Waals surface area contributed by atoms with Crippen LogP contribution in [0.1, 0.15) is 64.8 Å². The molecule has 0 bridgehead atoms. The Morgan fingerprint density at radius 3 is 1.38 bits per heavy atom. The van der Waals surface area contributed by atoms with Crippen LogP contribution in [0, 0.1) is 12.1 Å². The third kappa shape index (κ3) is 8.50. The van der Waals surface area contributed by atoms with Crippen molar-refractivity contribution in [1.82, 2.24) is 19.9 Å². The van der Waals surface area contributed by atoms with E-state index in [-0.39, 0.29) is 31.6 Å². The molecule has 8 rings (SSSR count). The number of allylic oxidation sites excluding steroid dienone is 2. The number of benzene rings is 6. The van der Waals surface area contributed by atoms with Gasteiger partial charge in [0.25, 0.3) is 0 Å². The molecule has 0 unspecified atom stereocenters. The predicted octanol–water partition coefficient (Wildman–Crippen LogP) is 11.2. The van der Waals surface area contributed by atoms with E-state index in [4.69, 9.17) is 25.0 Å². The zero-order chi connectivity index (χ0) is 35.7. The van der Waals surface area contributed by atoms with Crippen molar-refractivity contribution in [3.8, 4) is 0 Å². The number of rotatable bonds is 7. The van der Waals surface area contributed by atoms with Crippen molar-refractivity contribution in [2.45, 2.75) is 66.2 Å². The molecule has 2 aromatic heterocycles. The number of aryl methyl sites for hydroxylation is 2. The number of aromatic nitrogens is 4. The molecule has 0 aliphatic heterocycles. The second-order valence-corrected chi connectivity index (χ2v) is 12.7. The molecule has 0 amide bonds. The Morgan fingerprint density at radius 2 is 1.02 bits per heavy atom. The zero-order valence-electron chi connectivity index (χ0n) is 30.0. The molecule has 1 N–H and O–H groups in total. The summed E-state index contributed by atoms with van der Waals surface area (Å²) < 4.78 is 0. The summed E-state index contributed by atoms with van der Waals surface area (Å²) in [5.41, 5.74) is 6.06. The van der Waals surface area contributed by atoms with Gasteiger partial charge < -0.3 is 15.1 Å². The fourth-order valence-corrected chi connectivity index (χ4v) is 6.41. The second-order valence-electron chi connectivity index (χ2n) is 12.7. The van der Waals surface area contributed by atoms with Crippen molar-refractivity contribution >= 4 is 70.9 Å². The standard InChI is InChI=1S/2C20H17N2.C5H8O2.Ir/c2*1-2-3-8-14-13-21-19-17-11-6-4-9-15(17)16-10-5-7-12-18(16)20(19)22-14;1-4(6)3-5(2)7;/h2*4-7,9-10,12-13H,2-3,8H2,1H3;3,6H,1-2H3;/q2*-1;;/b;;4-3-;. The van der Waals surface area contributed by atoms with Crippen LogP contribution in [-0.4, -0.2) is 30.8 Å². The molecule has 265 valence electrons. The Hall–Kier alpha value is -5.10. The maximum absolute atomic E-state index is 10.0. The predicted molar refractivity (Wildman–Crippen MR) is 211 cm³/mol. The van der Waals surface area contributed by atoms with Crippen LogP contribution >= 0.6 is 0 Å². The number of fused-ring (bicyclic) bond motifs is 12. The average Bonchev–Trinajstić information content (AvgIpc) is 3.16. The minimum absolute atomic E-state index is 0. The normalized spacial score (nSPS) is 11.3. The van der Waals surface area contributed by atoms with Crippen molar-refractivity contribution in [1.29, 1.82) is 0 Å². The first-order valence-electron chi connectivity index (χ1n) is 17.7. The Morgan fingerprint density at radius 1 is 0.615 bits per heavy atom. The summed E-state index contributed by atoms with van der Waals surface area (Å²) in [6.45, 7) is 7.25. The molecule has 0 spiro atoms. The molecule has 6 nitrogen and oxygen atoms in total. The topological polar surface area (TPSA) is 88.9 Å². The smallest absolute Gasteiger partial charge is 0.155 e. The van der Waals surface area contributed by atoms with E-state index >= 15 is 0 Å². The van der Waals surface area contributed by atoms with Gasteiger partial charge in [-0.05, 0) is 50.3 Å². The third-order valence-corrected chi connectivity index (χ3v) is 8.76. The monoisotopic (exact) mass is 863 g/mol. The average molecular weight is 863 g/mol. The van der Waals surface area contributed by atoms with Crippen molar-refractivity contribution in [2.24, 2.45) is 0 Å². The van der Waals surface area contributed by atoms with Gasteiger partial charge in [0.15, 0.2) is 5.78 Å². The molecular formula is C45H42IrN4O2-2. The molecule has 8 aromatic rings. The molecule has 0 saturated heterocycles. The van der Waals surface area contributed by atoms with Crippen LogP contribution in [0.15, 0.2) is 109 Å². The Kier molecular flexibility index (Phi) is 13.1. The van der Waals surface area contributed by atoms with Gasteiger partial charge in [-0.1, -0.05) is 96.8 Å². The van der Waals surface area contributed by atoms with E-state index in [1.54, 1.807) is 0 Å². The quantitative estimate of drug-likeness (QED) is 0.0743. The summed E-state index contributed by atoms with van der Waals surface area (Å²) in [4.78, 5) is 29.3. The van der Waals surface area contributed by atoms with Crippen LogP contribution < -0.4 is 0 Å². The van der Waals surface area contributed by atoms with Crippen LogP contribution in [-0.2, 0) is 37.7 Å². The SMILES string of the molecule is CC(=O)/C=C(/C)O.CCCCc1cnc2c3[c-]cccc3c3ccccc3c2n1.CCCCc1cnc2c3[c-]cccc3c3ccccc3c2n1.[Ir]. The number of aliphatic hydroxyl groups is 1. The van der Waals surface area contributed by atoms with Gasteiger partial charge >= 0.3 is 0 Å². The molecule has 1 radical (unpaired) electrons. The second kappa shape index (κ2) is 17.9. The molecule has 0 aliphatic carbocycles. The first-order chi connectivity index (χ1) is 24.9. The molecule has 0 fully saturated rings. The van der Waals surface area contributed by atoms with Gasteiger partial charge in [0.2, 0.25) is 0 Å². The van der Waals surface area contributed by atoms with Crippen LogP contribution in [0.3, 0.4) is 0 Å². The van der Waals surface area contributed by atoms with Crippen molar-refractivity contribution in [3.05, 3.63) is 133 Å². The summed E-state index contributed by atoms with van der Waals surface area (Å²) in [5.74, 6) is -0.0625. The molecule has 7 heteroatoms. The zero-order valence-corrected chi connectivity index (χ0v) is 32.4. The van der Waals surface area contributed by atoms with Crippen LogP contribution in [0.4, 0.5) is 0 Å². The van der Waals surface area contributed by atoms with Gasteiger partial charge in [0, 0.05) is 49.6 Å². The molecule has 52 heavy (non-hydrogen) atoms. The summed E-state index contributed by atoms with van der Waals surface area (Å²) in [7, 11) is 0. The summed E-state index contributed by atoms with van der Waals surface area (Å²) in [6.07, 6.45) is 11.6. The van der Waals surface area contributed by atoms with Crippen LogP contribution in [0.25, 0.3) is 65.2 Å². The molecule has 6 aromatic carbocycles. The van der Waals surface area contributed by atoms with Crippen molar-refractivity contribution < 1.29 is 30.0 Å². The van der Waals surface area contributed by atoms with Gasteiger partial charge in [0.05, 0.1) is 28.2 Å². The van der Waals surface area contributed by atoms with E-state index in [9.17, 15) is 4.79 Å². The van der Waals surface area contributed by atoms with E-state index in [1.165, 1.54) is 65.1 Å². The van der Waals surface area contributed by atoms with Crippen LogP contribution in [0.5, 0.6) is 0 Å². The molecule has 0 aliphatic rings. The number of unbranched alkanes of at least 4 members (excludes halogenated alkanes) is 2. The number of ketones is 1.